The van der Waals surface area contributed by atoms with Crippen LogP contribution in [0.4, 0.5) is 21.9 Å². The quantitative estimate of drug-likeness (QED) is 0.0945. The van der Waals surface area contributed by atoms with Gasteiger partial charge >= 0.3 is 6.09 Å². The lowest BCUT2D eigenvalue weighted by atomic mass is 10.0. The molecule has 0 saturated carbocycles. The molecule has 0 saturated heterocycles. The molecule has 4 aromatic rings. The molecule has 4 aromatic carbocycles. The Morgan fingerprint density at radius 2 is 1.54 bits per heavy atom. The number of phenols is 1. The Labute approximate surface area is 239 Å². The molecule has 0 aromatic heterocycles. The van der Waals surface area contributed by atoms with E-state index in [9.17, 15) is 14.7 Å². The predicted octanol–water partition coefficient (Wildman–Crippen LogP) is 6.51. The number of halogens is 1. The van der Waals surface area contributed by atoms with E-state index in [4.69, 9.17) is 15.2 Å². The van der Waals surface area contributed by atoms with E-state index >= 15 is 0 Å². The lowest BCUT2D eigenvalue weighted by Crippen LogP contribution is -2.30. The van der Waals surface area contributed by atoms with Gasteiger partial charge in [-0.3, -0.25) is 10.1 Å². The number of amides is 2. The minimum absolute atomic E-state index is 0.0931. The average Bonchev–Trinajstić information content (AvgIpc) is 2.93. The van der Waals surface area contributed by atoms with Crippen LogP contribution in [0.3, 0.4) is 0 Å². The summed E-state index contributed by atoms with van der Waals surface area (Å²) in [5.41, 5.74) is 7.66. The first-order valence-corrected chi connectivity index (χ1v) is 13.0. The van der Waals surface area contributed by atoms with Gasteiger partial charge in [-0.25, -0.2) is 4.79 Å². The molecule has 8 nitrogen and oxygen atoms in total. The van der Waals surface area contributed by atoms with Crippen LogP contribution in [-0.4, -0.2) is 23.2 Å². The summed E-state index contributed by atoms with van der Waals surface area (Å²) in [6, 6.07) is 29.5. The highest BCUT2D eigenvalue weighted by Crippen LogP contribution is 2.34. The van der Waals surface area contributed by atoms with Crippen molar-refractivity contribution < 1.29 is 24.2 Å². The first-order chi connectivity index (χ1) is 18.9. The molecule has 39 heavy (non-hydrogen) atoms. The molecule has 2 atom stereocenters. The van der Waals surface area contributed by atoms with Gasteiger partial charge < -0.3 is 25.6 Å². The fraction of sp³-hybridized carbons (Fsp3) is 0.0667. The first kappa shape index (κ1) is 27.5. The predicted molar refractivity (Wildman–Crippen MR) is 160 cm³/mol. The van der Waals surface area contributed by atoms with Crippen molar-refractivity contribution in [1.82, 2.24) is 0 Å². The van der Waals surface area contributed by atoms with Crippen molar-refractivity contribution in [2.24, 2.45) is 0 Å². The Bertz CT molecular complexity index is 1450. The second-order valence-corrected chi connectivity index (χ2v) is 9.60. The van der Waals surface area contributed by atoms with E-state index in [2.05, 4.69) is 33.2 Å². The van der Waals surface area contributed by atoms with Gasteiger partial charge in [0.1, 0.15) is 11.5 Å². The molecule has 9 heteroatoms. The zero-order valence-corrected chi connectivity index (χ0v) is 22.8. The molecule has 2 amide bonds. The van der Waals surface area contributed by atoms with Gasteiger partial charge in [0, 0.05) is 20.9 Å². The number of carbonyl (C=O) groups is 2. The second kappa shape index (κ2) is 13.3. The van der Waals surface area contributed by atoms with Crippen LogP contribution in [0.2, 0.25) is 0 Å². The summed E-state index contributed by atoms with van der Waals surface area (Å²) in [6.07, 6.45) is -0.148. The van der Waals surface area contributed by atoms with Gasteiger partial charge in [0.05, 0.1) is 11.4 Å². The Hall–Kier alpha value is -4.51. The van der Waals surface area contributed by atoms with Crippen LogP contribution in [0.25, 0.3) is 0 Å². The Balaban J connectivity index is 1.67. The van der Waals surface area contributed by atoms with Gasteiger partial charge in [0.25, 0.3) is 0 Å². The van der Waals surface area contributed by atoms with E-state index in [1.807, 2.05) is 12.1 Å². The smallest absolute Gasteiger partial charge is 0.412 e. The third-order valence-electron chi connectivity index (χ3n) is 5.52. The summed E-state index contributed by atoms with van der Waals surface area (Å²) >= 11 is 2.10. The number of ether oxygens (including phenoxy) is 2. The number of rotatable bonds is 9. The van der Waals surface area contributed by atoms with Crippen molar-refractivity contribution >= 4 is 51.7 Å². The second-order valence-electron chi connectivity index (χ2n) is 8.35. The summed E-state index contributed by atoms with van der Waals surface area (Å²) in [5.74, 6) is -0.0829. The van der Waals surface area contributed by atoms with Crippen LogP contribution in [-0.2, 0) is 9.53 Å². The third kappa shape index (κ3) is 7.99. The normalized spacial score (nSPS) is 12.3. The minimum Gasteiger partial charge on any atom is -0.508 e. The summed E-state index contributed by atoms with van der Waals surface area (Å²) in [5, 5.41) is 16.1. The number of hydrogen-bond acceptors (Lipinski definition) is 6. The maximum atomic E-state index is 13.0. The minimum atomic E-state index is -1.13. The molecule has 5 N–H and O–H groups in total. The number of nitrogen functional groups attached to an aromatic ring is 1. The van der Waals surface area contributed by atoms with Crippen molar-refractivity contribution in [3.05, 3.63) is 124 Å². The van der Waals surface area contributed by atoms with Crippen LogP contribution >= 0.6 is 22.6 Å². The maximum Gasteiger partial charge on any atom is 0.412 e. The van der Waals surface area contributed by atoms with Crippen LogP contribution in [0.1, 0.15) is 11.7 Å². The molecule has 0 radical (unpaired) electrons. The lowest BCUT2D eigenvalue weighted by molar-refractivity contribution is -0.112. The van der Waals surface area contributed by atoms with E-state index in [1.165, 1.54) is 18.2 Å². The van der Waals surface area contributed by atoms with Crippen LogP contribution in [0.5, 0.6) is 11.5 Å². The molecule has 0 heterocycles. The Kier molecular flexibility index (Phi) is 9.41. The Morgan fingerprint density at radius 3 is 2.26 bits per heavy atom. The highest BCUT2D eigenvalue weighted by atomic mass is 127. The number of benzene rings is 4. The molecule has 0 bridgehead atoms. The molecule has 198 valence electrons. The fourth-order valence-corrected chi connectivity index (χ4v) is 4.19. The molecule has 0 unspecified atom stereocenters. The van der Waals surface area contributed by atoms with E-state index in [-0.39, 0.29) is 5.75 Å². The zero-order chi connectivity index (χ0) is 27.6. The molecule has 4 rings (SSSR count). The molecule has 0 fully saturated rings. The number of hydrogen-bond donors (Lipinski definition) is 4. The van der Waals surface area contributed by atoms with Crippen molar-refractivity contribution in [2.75, 3.05) is 16.4 Å². The van der Waals surface area contributed by atoms with Crippen molar-refractivity contribution in [2.45, 2.75) is 12.2 Å². The van der Waals surface area contributed by atoms with Gasteiger partial charge in [-0.05, 0) is 83.3 Å². The van der Waals surface area contributed by atoms with Crippen molar-refractivity contribution in [1.29, 1.82) is 0 Å². The van der Waals surface area contributed by atoms with E-state index < -0.39 is 24.2 Å². The van der Waals surface area contributed by atoms with Crippen molar-refractivity contribution in [3.8, 4) is 11.5 Å². The van der Waals surface area contributed by atoms with Gasteiger partial charge in [0.15, 0.2) is 12.2 Å². The highest BCUT2D eigenvalue weighted by molar-refractivity contribution is 14.1. The van der Waals surface area contributed by atoms with Crippen LogP contribution < -0.4 is 21.1 Å². The summed E-state index contributed by atoms with van der Waals surface area (Å²) in [4.78, 5) is 25.8. The number of para-hydroxylation sites is 4. The Morgan fingerprint density at radius 1 is 0.872 bits per heavy atom. The maximum absolute atomic E-state index is 13.0. The van der Waals surface area contributed by atoms with Crippen molar-refractivity contribution in [3.63, 3.8) is 0 Å². The number of phenolic OH excluding ortho intramolecular Hbond substituents is 1. The molecule has 0 aliphatic carbocycles. The monoisotopic (exact) mass is 635 g/mol. The SMILES string of the molecule is Nc1ccccc1NC(=O)/C=C/[C@@H](Oc1ccccc1)[C@H](OC(=O)Nc1ccccc1)c1cc(I)ccc1O. The average molecular weight is 635 g/mol. The largest absolute Gasteiger partial charge is 0.508 e. The molecule has 0 aliphatic rings. The molecular formula is C30H26IN3O5. The molecule has 0 aliphatic heterocycles. The van der Waals surface area contributed by atoms with Crippen LogP contribution in [0.15, 0.2) is 115 Å². The highest BCUT2D eigenvalue weighted by Gasteiger charge is 2.30. The number of nitrogens with two attached hydrogens (primary N) is 1. The van der Waals surface area contributed by atoms with E-state index in [1.54, 1.807) is 84.9 Å². The van der Waals surface area contributed by atoms with Gasteiger partial charge in [0.2, 0.25) is 5.91 Å². The van der Waals surface area contributed by atoms with E-state index in [0.717, 1.165) is 3.57 Å². The number of anilines is 3. The standard InChI is InChI=1S/C30H26IN3O5/c31-20-15-16-26(35)23(19-20)29(39-30(37)33-21-9-3-1-4-10-21)27(38-22-11-5-2-6-12-22)17-18-28(36)34-25-14-8-7-13-24(25)32/h1-19,27,29,35H,32H2,(H,33,37)(H,34,36)/b18-17+/t27-,29-/m1/s1. The number of nitrogens with one attached hydrogen (secondary N) is 2. The zero-order valence-electron chi connectivity index (χ0n) is 20.7. The van der Waals surface area contributed by atoms with Gasteiger partial charge in [-0.1, -0.05) is 48.5 Å². The van der Waals surface area contributed by atoms with E-state index in [0.29, 0.717) is 28.4 Å². The third-order valence-corrected chi connectivity index (χ3v) is 6.19. The lowest BCUT2D eigenvalue weighted by Gasteiger charge is -2.27. The fourth-order valence-electron chi connectivity index (χ4n) is 3.67. The number of aromatic hydroxyl groups is 1. The summed E-state index contributed by atoms with van der Waals surface area (Å²) in [6.45, 7) is 0. The summed E-state index contributed by atoms with van der Waals surface area (Å²) < 4.78 is 12.8. The first-order valence-electron chi connectivity index (χ1n) is 12.0. The van der Waals surface area contributed by atoms with Gasteiger partial charge in [-0.2, -0.15) is 0 Å². The van der Waals surface area contributed by atoms with Gasteiger partial charge in [-0.15, -0.1) is 0 Å². The number of carbonyl (C=O) groups excluding carboxylic acids is 2. The molecule has 0 spiro atoms. The summed E-state index contributed by atoms with van der Waals surface area (Å²) in [7, 11) is 0. The topological polar surface area (TPSA) is 123 Å². The molecular weight excluding hydrogens is 609 g/mol. The van der Waals surface area contributed by atoms with Crippen LogP contribution in [0, 0.1) is 3.57 Å².